The van der Waals surface area contributed by atoms with Gasteiger partial charge in [0, 0.05) is 36.3 Å². The first-order valence-electron chi connectivity index (χ1n) is 7.25. The molecule has 21 heavy (non-hydrogen) atoms. The van der Waals surface area contributed by atoms with Crippen LogP contribution in [0, 0.1) is 9.49 Å². The Morgan fingerprint density at radius 2 is 1.90 bits per heavy atom. The van der Waals surface area contributed by atoms with Gasteiger partial charge in [-0.3, -0.25) is 4.79 Å². The van der Waals surface area contributed by atoms with Crippen molar-refractivity contribution < 1.29 is 4.79 Å². The zero-order chi connectivity index (χ0) is 15.8. The first kappa shape index (κ1) is 18.2. The van der Waals surface area contributed by atoms with Crippen LogP contribution in [0.3, 0.4) is 0 Å². The molecular weight excluding hydrogens is 375 g/mol. The van der Waals surface area contributed by atoms with Crippen LogP contribution in [0.25, 0.3) is 0 Å². The zero-order valence-corrected chi connectivity index (χ0v) is 15.4. The summed E-state index contributed by atoms with van der Waals surface area (Å²) >= 11 is 2.32. The maximum atomic E-state index is 11.4. The number of carbonyl (C=O) groups excluding carboxylic acids is 1. The van der Waals surface area contributed by atoms with Gasteiger partial charge in [0.05, 0.1) is 0 Å². The van der Waals surface area contributed by atoms with Crippen molar-refractivity contribution in [3.63, 3.8) is 0 Å². The summed E-state index contributed by atoms with van der Waals surface area (Å²) in [5.41, 5.74) is 1.37. The highest BCUT2D eigenvalue weighted by molar-refractivity contribution is 14.1. The highest BCUT2D eigenvalue weighted by Crippen LogP contribution is 2.14. The SMILES string of the molecule is CC(Cc1ccc(I)cc1)C(C)NC/C=C/C(=O)N(C)C. The van der Waals surface area contributed by atoms with Crippen LogP contribution in [0.1, 0.15) is 19.4 Å². The second-order valence-corrected chi connectivity index (χ2v) is 6.89. The Hall–Kier alpha value is -0.880. The second-order valence-electron chi connectivity index (χ2n) is 5.64. The van der Waals surface area contributed by atoms with E-state index in [0.717, 1.165) is 13.0 Å². The van der Waals surface area contributed by atoms with Crippen LogP contribution in [0.5, 0.6) is 0 Å². The van der Waals surface area contributed by atoms with Gasteiger partial charge in [0.1, 0.15) is 0 Å². The number of nitrogens with zero attached hydrogens (tertiary/aromatic N) is 1. The molecule has 0 radical (unpaired) electrons. The van der Waals surface area contributed by atoms with E-state index in [1.807, 2.05) is 6.08 Å². The summed E-state index contributed by atoms with van der Waals surface area (Å²) < 4.78 is 1.27. The molecule has 0 aliphatic rings. The van der Waals surface area contributed by atoms with Gasteiger partial charge in [-0.15, -0.1) is 0 Å². The number of hydrogen-bond donors (Lipinski definition) is 1. The number of benzene rings is 1. The van der Waals surface area contributed by atoms with Crippen LogP contribution in [-0.2, 0) is 11.2 Å². The predicted octanol–water partition coefficient (Wildman–Crippen LogP) is 3.09. The number of nitrogens with one attached hydrogen (secondary N) is 1. The quantitative estimate of drug-likeness (QED) is 0.564. The Bertz CT molecular complexity index is 468. The van der Waals surface area contributed by atoms with Gasteiger partial charge < -0.3 is 10.2 Å². The van der Waals surface area contributed by atoms with E-state index in [4.69, 9.17) is 0 Å². The average molecular weight is 400 g/mol. The lowest BCUT2D eigenvalue weighted by molar-refractivity contribution is -0.123. The molecule has 116 valence electrons. The molecule has 1 rings (SSSR count). The molecule has 0 heterocycles. The smallest absolute Gasteiger partial charge is 0.245 e. The Labute approximate surface area is 141 Å². The number of halogens is 1. The third-order valence-electron chi connectivity index (χ3n) is 3.58. The minimum absolute atomic E-state index is 0.0244. The number of likely N-dealkylation sites (N-methyl/N-ethyl adjacent to an activating group) is 1. The summed E-state index contributed by atoms with van der Waals surface area (Å²) in [7, 11) is 3.51. The third-order valence-corrected chi connectivity index (χ3v) is 4.30. The topological polar surface area (TPSA) is 32.3 Å². The fourth-order valence-electron chi connectivity index (χ4n) is 1.93. The molecular formula is C17H25IN2O. The average Bonchev–Trinajstić information content (AvgIpc) is 2.45. The van der Waals surface area contributed by atoms with Crippen molar-refractivity contribution in [2.24, 2.45) is 5.92 Å². The molecule has 1 amide bonds. The number of rotatable bonds is 7. The van der Waals surface area contributed by atoms with Gasteiger partial charge in [0.25, 0.3) is 0 Å². The van der Waals surface area contributed by atoms with Crippen molar-refractivity contribution >= 4 is 28.5 Å². The van der Waals surface area contributed by atoms with Gasteiger partial charge in [-0.25, -0.2) is 0 Å². The molecule has 0 spiro atoms. The van der Waals surface area contributed by atoms with E-state index in [-0.39, 0.29) is 5.91 Å². The van der Waals surface area contributed by atoms with E-state index >= 15 is 0 Å². The van der Waals surface area contributed by atoms with E-state index < -0.39 is 0 Å². The lowest BCUT2D eigenvalue weighted by atomic mass is 9.95. The molecule has 2 atom stereocenters. The first-order chi connectivity index (χ1) is 9.90. The molecule has 0 saturated heterocycles. The fraction of sp³-hybridized carbons (Fsp3) is 0.471. The molecule has 1 N–H and O–H groups in total. The standard InChI is InChI=1S/C17H25IN2O/c1-13(12-15-7-9-16(18)10-8-15)14(2)19-11-5-6-17(21)20(3)4/h5-10,13-14,19H,11-12H2,1-4H3/b6-5+. The van der Waals surface area contributed by atoms with Gasteiger partial charge in [-0.1, -0.05) is 25.1 Å². The van der Waals surface area contributed by atoms with Crippen LogP contribution in [0.2, 0.25) is 0 Å². The van der Waals surface area contributed by atoms with Crippen LogP contribution < -0.4 is 5.32 Å². The maximum Gasteiger partial charge on any atom is 0.245 e. The lowest BCUT2D eigenvalue weighted by Gasteiger charge is -2.21. The number of hydrogen-bond acceptors (Lipinski definition) is 2. The molecule has 0 aliphatic carbocycles. The molecule has 1 aromatic carbocycles. The first-order valence-corrected chi connectivity index (χ1v) is 8.33. The maximum absolute atomic E-state index is 11.4. The molecule has 0 aliphatic heterocycles. The Morgan fingerprint density at radius 3 is 2.48 bits per heavy atom. The van der Waals surface area contributed by atoms with Gasteiger partial charge >= 0.3 is 0 Å². The van der Waals surface area contributed by atoms with Gasteiger partial charge in [0.2, 0.25) is 5.91 Å². The van der Waals surface area contributed by atoms with E-state index in [0.29, 0.717) is 12.0 Å². The summed E-state index contributed by atoms with van der Waals surface area (Å²) in [4.78, 5) is 13.0. The Balaban J connectivity index is 2.36. The van der Waals surface area contributed by atoms with Crippen molar-refractivity contribution in [3.05, 3.63) is 45.6 Å². The summed E-state index contributed by atoms with van der Waals surface area (Å²) in [6.07, 6.45) is 4.56. The highest BCUT2D eigenvalue weighted by Gasteiger charge is 2.11. The van der Waals surface area contributed by atoms with Crippen molar-refractivity contribution in [3.8, 4) is 0 Å². The molecule has 0 fully saturated rings. The zero-order valence-electron chi connectivity index (χ0n) is 13.3. The van der Waals surface area contributed by atoms with Crippen molar-refractivity contribution in [2.45, 2.75) is 26.3 Å². The van der Waals surface area contributed by atoms with Gasteiger partial charge in [-0.05, 0) is 59.5 Å². The largest absolute Gasteiger partial charge is 0.345 e. The van der Waals surface area contributed by atoms with Crippen molar-refractivity contribution in [1.29, 1.82) is 0 Å². The van der Waals surface area contributed by atoms with E-state index in [1.165, 1.54) is 9.13 Å². The number of carbonyl (C=O) groups is 1. The molecule has 4 heteroatoms. The Kier molecular flexibility index (Phi) is 7.96. The van der Waals surface area contributed by atoms with E-state index in [2.05, 4.69) is 66.0 Å². The van der Waals surface area contributed by atoms with E-state index in [9.17, 15) is 4.79 Å². The molecule has 0 bridgehead atoms. The summed E-state index contributed by atoms with van der Waals surface area (Å²) in [5.74, 6) is 0.569. The monoisotopic (exact) mass is 400 g/mol. The van der Waals surface area contributed by atoms with E-state index in [1.54, 1.807) is 25.1 Å². The van der Waals surface area contributed by atoms with Crippen LogP contribution >= 0.6 is 22.6 Å². The molecule has 3 nitrogen and oxygen atoms in total. The Morgan fingerprint density at radius 1 is 1.29 bits per heavy atom. The van der Waals surface area contributed by atoms with Crippen molar-refractivity contribution in [1.82, 2.24) is 10.2 Å². The lowest BCUT2D eigenvalue weighted by Crippen LogP contribution is -2.33. The van der Waals surface area contributed by atoms with Crippen LogP contribution in [0.4, 0.5) is 0 Å². The van der Waals surface area contributed by atoms with Gasteiger partial charge in [0.15, 0.2) is 0 Å². The molecule has 0 saturated carbocycles. The van der Waals surface area contributed by atoms with Crippen LogP contribution in [0.15, 0.2) is 36.4 Å². The summed E-state index contributed by atoms with van der Waals surface area (Å²) in [5, 5.41) is 3.45. The fourth-order valence-corrected chi connectivity index (χ4v) is 2.29. The molecule has 0 aromatic heterocycles. The third kappa shape index (κ3) is 7.09. The highest BCUT2D eigenvalue weighted by atomic mass is 127. The molecule has 2 unspecified atom stereocenters. The normalized spacial score (nSPS) is 14.1. The molecule has 1 aromatic rings. The minimum Gasteiger partial charge on any atom is -0.345 e. The summed E-state index contributed by atoms with van der Waals surface area (Å²) in [6, 6.07) is 9.09. The van der Waals surface area contributed by atoms with Crippen molar-refractivity contribution in [2.75, 3.05) is 20.6 Å². The van der Waals surface area contributed by atoms with Crippen LogP contribution in [-0.4, -0.2) is 37.5 Å². The predicted molar refractivity (Wildman–Crippen MR) is 97.3 cm³/mol. The van der Waals surface area contributed by atoms with Gasteiger partial charge in [-0.2, -0.15) is 0 Å². The minimum atomic E-state index is 0.0244. The summed E-state index contributed by atoms with van der Waals surface area (Å²) in [6.45, 7) is 5.17. The number of amides is 1. The second kappa shape index (κ2) is 9.20.